The summed E-state index contributed by atoms with van der Waals surface area (Å²) in [5, 5.41) is 6.42. The Kier molecular flexibility index (Phi) is 4.03. The predicted molar refractivity (Wildman–Crippen MR) is 121 cm³/mol. The first-order valence-electron chi connectivity index (χ1n) is 10.6. The largest absolute Gasteiger partial charge is 0.303 e. The van der Waals surface area contributed by atoms with Gasteiger partial charge in [-0.05, 0) is 54.0 Å². The van der Waals surface area contributed by atoms with E-state index in [2.05, 4.69) is 22.7 Å². The molecule has 0 radical (unpaired) electrons. The van der Waals surface area contributed by atoms with Crippen LogP contribution in [0.2, 0.25) is 0 Å². The minimum absolute atomic E-state index is 0.0182. The molecule has 5 heteroatoms. The van der Waals surface area contributed by atoms with Gasteiger partial charge in [0.15, 0.2) is 0 Å². The van der Waals surface area contributed by atoms with E-state index >= 15 is 0 Å². The number of rotatable bonds is 4. The Hall–Kier alpha value is -3.73. The lowest BCUT2D eigenvalue weighted by Gasteiger charge is -2.31. The lowest BCUT2D eigenvalue weighted by atomic mass is 9.74. The van der Waals surface area contributed by atoms with Crippen molar-refractivity contribution in [1.29, 1.82) is 0 Å². The van der Waals surface area contributed by atoms with Gasteiger partial charge in [0, 0.05) is 28.1 Å². The van der Waals surface area contributed by atoms with Crippen LogP contribution in [0.4, 0.5) is 5.69 Å². The lowest BCUT2D eigenvalue weighted by molar-refractivity contribution is 0.0952. The second-order valence-corrected chi connectivity index (χ2v) is 8.45. The molecule has 1 heterocycles. The van der Waals surface area contributed by atoms with Crippen molar-refractivity contribution in [3.05, 3.63) is 89.5 Å². The van der Waals surface area contributed by atoms with Crippen molar-refractivity contribution < 1.29 is 9.59 Å². The molecule has 0 bridgehead atoms. The van der Waals surface area contributed by atoms with Gasteiger partial charge in [0.2, 0.25) is 0 Å². The molecule has 1 fully saturated rings. The first-order chi connectivity index (χ1) is 15.2. The maximum Gasteiger partial charge on any atom is 0.271 e. The Labute approximate surface area is 180 Å². The zero-order valence-electron chi connectivity index (χ0n) is 16.9. The normalized spacial score (nSPS) is 22.1. The number of carbonyl (C=O) groups is 2. The van der Waals surface area contributed by atoms with Crippen LogP contribution in [0, 0.1) is 11.8 Å². The van der Waals surface area contributed by atoms with E-state index in [1.165, 1.54) is 0 Å². The summed E-state index contributed by atoms with van der Waals surface area (Å²) in [6.07, 6.45) is 6.41. The molecule has 152 valence electrons. The highest BCUT2D eigenvalue weighted by atomic mass is 16.2. The Morgan fingerprint density at radius 3 is 2.68 bits per heavy atom. The van der Waals surface area contributed by atoms with Gasteiger partial charge in [-0.15, -0.1) is 0 Å². The third-order valence-electron chi connectivity index (χ3n) is 6.67. The average molecular weight is 407 g/mol. The number of hydrogen-bond donors (Lipinski definition) is 1. The van der Waals surface area contributed by atoms with Gasteiger partial charge in [-0.25, -0.2) is 5.43 Å². The minimum Gasteiger partial charge on any atom is -0.303 e. The van der Waals surface area contributed by atoms with Crippen LogP contribution in [0.5, 0.6) is 0 Å². The summed E-state index contributed by atoms with van der Waals surface area (Å²) in [6, 6.07) is 19.2. The molecule has 0 aromatic heterocycles. The molecule has 3 aromatic rings. The molecule has 0 spiro atoms. The van der Waals surface area contributed by atoms with Crippen LogP contribution in [-0.4, -0.2) is 17.5 Å². The van der Waals surface area contributed by atoms with Crippen molar-refractivity contribution in [2.45, 2.75) is 19.4 Å². The number of carbonyl (C=O) groups excluding carboxylic acids is 2. The zero-order chi connectivity index (χ0) is 20.9. The standard InChI is InChI=1S/C26H21N3O2/c30-25(28-27-22-14-19-6-2-7-20(19)22)18-12-10-16(11-13-18)15-29-23-9-3-5-17-4-1-8-21(24(17)23)26(29)31/h1-6,8-13,19-20H,7,14-15H2,(H,28,30)/b27-22-/t19-,20-/m0/s1. The maximum absolute atomic E-state index is 13.0. The lowest BCUT2D eigenvalue weighted by Crippen LogP contribution is -2.35. The van der Waals surface area contributed by atoms with E-state index in [4.69, 9.17) is 0 Å². The maximum atomic E-state index is 13.0. The molecular formula is C26H21N3O2. The summed E-state index contributed by atoms with van der Waals surface area (Å²) in [5.41, 5.74) is 7.00. The van der Waals surface area contributed by atoms with Gasteiger partial charge in [0.05, 0.1) is 12.2 Å². The van der Waals surface area contributed by atoms with Crippen molar-refractivity contribution in [1.82, 2.24) is 5.43 Å². The summed E-state index contributed by atoms with van der Waals surface area (Å²) in [4.78, 5) is 27.2. The van der Waals surface area contributed by atoms with Gasteiger partial charge in [0.25, 0.3) is 11.8 Å². The number of hydrogen-bond acceptors (Lipinski definition) is 3. The van der Waals surface area contributed by atoms with Crippen LogP contribution in [0.15, 0.2) is 77.9 Å². The van der Waals surface area contributed by atoms with E-state index in [0.717, 1.165) is 46.1 Å². The predicted octanol–water partition coefficient (Wildman–Crippen LogP) is 4.68. The van der Waals surface area contributed by atoms with Crippen LogP contribution in [-0.2, 0) is 6.54 Å². The molecule has 0 saturated heterocycles. The first kappa shape index (κ1) is 18.1. The zero-order valence-corrected chi connectivity index (χ0v) is 16.9. The third-order valence-corrected chi connectivity index (χ3v) is 6.67. The van der Waals surface area contributed by atoms with Gasteiger partial charge in [-0.3, -0.25) is 9.59 Å². The number of amides is 2. The topological polar surface area (TPSA) is 61.8 Å². The highest BCUT2D eigenvalue weighted by Crippen LogP contribution is 2.40. The monoisotopic (exact) mass is 407 g/mol. The van der Waals surface area contributed by atoms with E-state index in [-0.39, 0.29) is 11.8 Å². The fourth-order valence-corrected chi connectivity index (χ4v) is 4.93. The molecule has 5 nitrogen and oxygen atoms in total. The number of fused-ring (bicyclic) bond motifs is 1. The first-order valence-corrected chi connectivity index (χ1v) is 10.6. The van der Waals surface area contributed by atoms with Gasteiger partial charge in [-0.1, -0.05) is 48.6 Å². The molecular weight excluding hydrogens is 386 g/mol. The van der Waals surface area contributed by atoms with E-state index in [1.54, 1.807) is 17.0 Å². The second-order valence-electron chi connectivity index (χ2n) is 8.45. The molecule has 0 unspecified atom stereocenters. The van der Waals surface area contributed by atoms with Crippen molar-refractivity contribution in [3.63, 3.8) is 0 Å². The molecule has 2 atom stereocenters. The van der Waals surface area contributed by atoms with E-state index in [1.807, 2.05) is 48.5 Å². The van der Waals surface area contributed by atoms with Crippen LogP contribution < -0.4 is 10.3 Å². The number of nitrogens with zero attached hydrogens (tertiary/aromatic N) is 2. The van der Waals surface area contributed by atoms with Gasteiger partial charge in [0.1, 0.15) is 0 Å². The van der Waals surface area contributed by atoms with Crippen LogP contribution in [0.3, 0.4) is 0 Å². The van der Waals surface area contributed by atoms with Crippen molar-refractivity contribution >= 4 is 34.0 Å². The van der Waals surface area contributed by atoms with Crippen LogP contribution in [0.1, 0.15) is 39.1 Å². The molecule has 3 aromatic carbocycles. The molecule has 3 aliphatic rings. The van der Waals surface area contributed by atoms with Crippen molar-refractivity contribution in [2.75, 3.05) is 4.90 Å². The number of benzene rings is 3. The molecule has 31 heavy (non-hydrogen) atoms. The van der Waals surface area contributed by atoms with Gasteiger partial charge in [-0.2, -0.15) is 5.10 Å². The molecule has 1 saturated carbocycles. The Balaban J connectivity index is 1.16. The molecule has 1 aliphatic heterocycles. The number of allylic oxidation sites excluding steroid dienone is 2. The number of nitrogens with one attached hydrogen (secondary N) is 1. The number of hydrazone groups is 1. The van der Waals surface area contributed by atoms with E-state index in [9.17, 15) is 9.59 Å². The van der Waals surface area contributed by atoms with Crippen LogP contribution in [0.25, 0.3) is 10.8 Å². The van der Waals surface area contributed by atoms with E-state index in [0.29, 0.717) is 23.9 Å². The Morgan fingerprint density at radius 2 is 1.87 bits per heavy atom. The summed E-state index contributed by atoms with van der Waals surface area (Å²) >= 11 is 0. The highest BCUT2D eigenvalue weighted by molar-refractivity contribution is 6.24. The SMILES string of the molecule is O=C(N/N=C1/C[C@@H]2C=CC[C@H]12)c1ccc(CN2C(=O)c3cccc4cccc2c34)cc1. The summed E-state index contributed by atoms with van der Waals surface area (Å²) in [7, 11) is 0. The second kappa shape index (κ2) is 6.91. The molecule has 2 amide bonds. The van der Waals surface area contributed by atoms with Crippen molar-refractivity contribution in [3.8, 4) is 0 Å². The number of anilines is 1. The highest BCUT2D eigenvalue weighted by Gasteiger charge is 2.38. The Morgan fingerprint density at radius 1 is 1.06 bits per heavy atom. The van der Waals surface area contributed by atoms with Gasteiger partial charge < -0.3 is 4.90 Å². The van der Waals surface area contributed by atoms with Crippen molar-refractivity contribution in [2.24, 2.45) is 16.9 Å². The van der Waals surface area contributed by atoms with E-state index < -0.39 is 0 Å². The summed E-state index contributed by atoms with van der Waals surface area (Å²) in [6.45, 7) is 0.465. The summed E-state index contributed by atoms with van der Waals surface area (Å²) in [5.74, 6) is 0.905. The molecule has 1 N–H and O–H groups in total. The third kappa shape index (κ3) is 2.88. The smallest absolute Gasteiger partial charge is 0.271 e. The summed E-state index contributed by atoms with van der Waals surface area (Å²) < 4.78 is 0. The fraction of sp³-hybridized carbons (Fsp3) is 0.192. The molecule has 6 rings (SSSR count). The quantitative estimate of drug-likeness (QED) is 0.504. The molecule has 2 aliphatic carbocycles. The van der Waals surface area contributed by atoms with Crippen LogP contribution >= 0.6 is 0 Å². The Bertz CT molecular complexity index is 1280. The minimum atomic E-state index is -0.206. The van der Waals surface area contributed by atoms with Gasteiger partial charge >= 0.3 is 0 Å². The average Bonchev–Trinajstić information content (AvgIpc) is 3.29. The fourth-order valence-electron chi connectivity index (χ4n) is 4.93.